The molecule has 1 atom stereocenters. The van der Waals surface area contributed by atoms with Crippen molar-refractivity contribution in [3.63, 3.8) is 0 Å². The van der Waals surface area contributed by atoms with E-state index in [9.17, 15) is 13.6 Å². The van der Waals surface area contributed by atoms with Gasteiger partial charge in [-0.1, -0.05) is 17.7 Å². The number of thioether (sulfide) groups is 1. The molecule has 3 nitrogen and oxygen atoms in total. The molecule has 128 valence electrons. The summed E-state index contributed by atoms with van der Waals surface area (Å²) in [5, 5.41) is 2.85. The molecule has 6 heteroatoms. The molecule has 0 radical (unpaired) electrons. The minimum absolute atomic E-state index is 0.00115. The van der Waals surface area contributed by atoms with Crippen molar-refractivity contribution in [3.05, 3.63) is 59.2 Å². The Labute approximate surface area is 144 Å². The van der Waals surface area contributed by atoms with E-state index in [1.807, 2.05) is 32.0 Å². The number of carbonyl (C=O) groups excluding carboxylic acids is 1. The molecule has 1 N–H and O–H groups in total. The molecule has 2 rings (SSSR count). The maximum absolute atomic E-state index is 13.6. The van der Waals surface area contributed by atoms with Crippen LogP contribution >= 0.6 is 11.8 Å². The molecule has 0 unspecified atom stereocenters. The molecular weight excluding hydrogens is 332 g/mol. The number of halogens is 2. The number of hydrogen-bond donors (Lipinski definition) is 1. The highest BCUT2D eigenvalue weighted by Gasteiger charge is 2.15. The predicted octanol–water partition coefficient (Wildman–Crippen LogP) is 4.25. The highest BCUT2D eigenvalue weighted by atomic mass is 32.2. The molecule has 2 aromatic rings. The van der Waals surface area contributed by atoms with Gasteiger partial charge in [-0.25, -0.2) is 8.78 Å². The number of hydrogen-bond acceptors (Lipinski definition) is 3. The van der Waals surface area contributed by atoms with Crippen LogP contribution in [0.4, 0.5) is 8.78 Å². The van der Waals surface area contributed by atoms with Crippen molar-refractivity contribution in [2.45, 2.75) is 24.8 Å². The molecule has 0 saturated heterocycles. The molecular formula is C18H19F2NO2S. The van der Waals surface area contributed by atoms with Crippen molar-refractivity contribution >= 4 is 17.7 Å². The van der Waals surface area contributed by atoms with Crippen LogP contribution in [-0.2, 0) is 4.79 Å². The second-order valence-corrected chi connectivity index (χ2v) is 6.42. The Morgan fingerprint density at radius 1 is 1.25 bits per heavy atom. The van der Waals surface area contributed by atoms with Crippen LogP contribution in [0.3, 0.4) is 0 Å². The van der Waals surface area contributed by atoms with Gasteiger partial charge < -0.3 is 10.1 Å². The lowest BCUT2D eigenvalue weighted by atomic mass is 10.0. The zero-order chi connectivity index (χ0) is 17.7. The first-order valence-corrected chi connectivity index (χ1v) is 8.41. The van der Waals surface area contributed by atoms with Gasteiger partial charge >= 0.3 is 0 Å². The number of carbonyl (C=O) groups is 1. The fraction of sp³-hybridized carbons (Fsp3) is 0.278. The minimum Gasteiger partial charge on any atom is -0.496 e. The van der Waals surface area contributed by atoms with E-state index in [0.29, 0.717) is 5.75 Å². The fourth-order valence-corrected chi connectivity index (χ4v) is 3.06. The molecule has 24 heavy (non-hydrogen) atoms. The fourth-order valence-electron chi connectivity index (χ4n) is 2.28. The summed E-state index contributed by atoms with van der Waals surface area (Å²) in [6.45, 7) is 3.81. The monoisotopic (exact) mass is 351 g/mol. The van der Waals surface area contributed by atoms with Crippen molar-refractivity contribution in [2.24, 2.45) is 0 Å². The van der Waals surface area contributed by atoms with Crippen molar-refractivity contribution in [1.82, 2.24) is 5.32 Å². The van der Waals surface area contributed by atoms with E-state index >= 15 is 0 Å². The largest absolute Gasteiger partial charge is 0.496 e. The van der Waals surface area contributed by atoms with Gasteiger partial charge in [0.25, 0.3) is 0 Å². The highest BCUT2D eigenvalue weighted by Crippen LogP contribution is 2.27. The Morgan fingerprint density at radius 3 is 2.71 bits per heavy atom. The van der Waals surface area contributed by atoms with Crippen molar-refractivity contribution in [1.29, 1.82) is 0 Å². The number of rotatable bonds is 6. The van der Waals surface area contributed by atoms with Gasteiger partial charge in [-0.3, -0.25) is 4.79 Å². The van der Waals surface area contributed by atoms with Crippen LogP contribution in [0.2, 0.25) is 0 Å². The SMILES string of the molecule is COc1ccc(C)cc1[C@H](C)NC(=O)CSc1cc(F)ccc1F. The molecule has 0 saturated carbocycles. The lowest BCUT2D eigenvalue weighted by Crippen LogP contribution is -2.28. The zero-order valence-electron chi connectivity index (χ0n) is 13.7. The van der Waals surface area contributed by atoms with E-state index in [1.54, 1.807) is 7.11 Å². The Bertz CT molecular complexity index is 737. The summed E-state index contributed by atoms with van der Waals surface area (Å²) in [5.41, 5.74) is 1.93. The quantitative estimate of drug-likeness (QED) is 0.791. The van der Waals surface area contributed by atoms with Gasteiger partial charge in [0.2, 0.25) is 5.91 Å². The Kier molecular flexibility index (Phi) is 6.20. The van der Waals surface area contributed by atoms with Crippen LogP contribution in [0, 0.1) is 18.6 Å². The molecule has 0 aromatic heterocycles. The molecule has 2 aromatic carbocycles. The lowest BCUT2D eigenvalue weighted by molar-refractivity contribution is -0.119. The number of amides is 1. The highest BCUT2D eigenvalue weighted by molar-refractivity contribution is 8.00. The van der Waals surface area contributed by atoms with Gasteiger partial charge in [0.05, 0.1) is 18.9 Å². The summed E-state index contributed by atoms with van der Waals surface area (Å²) >= 11 is 0.961. The summed E-state index contributed by atoms with van der Waals surface area (Å²) in [6, 6.07) is 8.65. The number of benzene rings is 2. The van der Waals surface area contributed by atoms with E-state index in [0.717, 1.165) is 41.1 Å². The van der Waals surface area contributed by atoms with Crippen LogP contribution in [0.25, 0.3) is 0 Å². The van der Waals surface area contributed by atoms with Gasteiger partial charge in [-0.2, -0.15) is 0 Å². The number of ether oxygens (including phenoxy) is 1. The van der Waals surface area contributed by atoms with Gasteiger partial charge in [0, 0.05) is 10.5 Å². The molecule has 0 spiro atoms. The average Bonchev–Trinajstić information content (AvgIpc) is 2.55. The smallest absolute Gasteiger partial charge is 0.230 e. The van der Waals surface area contributed by atoms with E-state index in [2.05, 4.69) is 5.32 Å². The third-order valence-electron chi connectivity index (χ3n) is 3.48. The van der Waals surface area contributed by atoms with Crippen molar-refractivity contribution in [2.75, 3.05) is 12.9 Å². The van der Waals surface area contributed by atoms with Crippen LogP contribution < -0.4 is 10.1 Å². The van der Waals surface area contributed by atoms with Gasteiger partial charge in [0.15, 0.2) is 0 Å². The second kappa shape index (κ2) is 8.15. The van der Waals surface area contributed by atoms with Crippen LogP contribution in [0.15, 0.2) is 41.3 Å². The molecule has 1 amide bonds. The van der Waals surface area contributed by atoms with Gasteiger partial charge in [-0.15, -0.1) is 11.8 Å². The van der Waals surface area contributed by atoms with Crippen LogP contribution in [-0.4, -0.2) is 18.8 Å². The second-order valence-electron chi connectivity index (χ2n) is 5.40. The lowest BCUT2D eigenvalue weighted by Gasteiger charge is -2.18. The van der Waals surface area contributed by atoms with Crippen LogP contribution in [0.5, 0.6) is 5.75 Å². The number of methoxy groups -OCH3 is 1. The number of aryl methyl sites for hydroxylation is 1. The molecule has 0 aliphatic rings. The summed E-state index contributed by atoms with van der Waals surface area (Å²) in [5.74, 6) is -0.643. The molecule has 0 heterocycles. The third-order valence-corrected chi connectivity index (χ3v) is 4.51. The maximum atomic E-state index is 13.6. The summed E-state index contributed by atoms with van der Waals surface area (Å²) in [4.78, 5) is 12.2. The Hall–Kier alpha value is -2.08. The summed E-state index contributed by atoms with van der Waals surface area (Å²) in [7, 11) is 1.57. The van der Waals surface area contributed by atoms with Crippen LogP contribution in [0.1, 0.15) is 24.1 Å². The van der Waals surface area contributed by atoms with Gasteiger partial charge in [0.1, 0.15) is 17.4 Å². The number of nitrogens with one attached hydrogen (secondary N) is 1. The molecule has 0 fully saturated rings. The first-order chi connectivity index (χ1) is 11.4. The first-order valence-electron chi connectivity index (χ1n) is 7.42. The summed E-state index contributed by atoms with van der Waals surface area (Å²) in [6.07, 6.45) is 0. The minimum atomic E-state index is -0.539. The standard InChI is InChI=1S/C18H19F2NO2S/c1-11-4-7-16(23-3)14(8-11)12(2)21-18(22)10-24-17-9-13(19)5-6-15(17)20/h4-9,12H,10H2,1-3H3,(H,21,22)/t12-/m0/s1. The topological polar surface area (TPSA) is 38.3 Å². The zero-order valence-corrected chi connectivity index (χ0v) is 14.5. The predicted molar refractivity (Wildman–Crippen MR) is 91.4 cm³/mol. The maximum Gasteiger partial charge on any atom is 0.230 e. The molecule has 0 aliphatic carbocycles. The van der Waals surface area contributed by atoms with E-state index in [1.165, 1.54) is 0 Å². The van der Waals surface area contributed by atoms with Gasteiger partial charge in [-0.05, 0) is 38.1 Å². The Morgan fingerprint density at radius 2 is 2.00 bits per heavy atom. The molecule has 0 aliphatic heterocycles. The summed E-state index contributed by atoms with van der Waals surface area (Å²) < 4.78 is 32.0. The normalized spacial score (nSPS) is 11.9. The van der Waals surface area contributed by atoms with Crippen molar-refractivity contribution in [3.8, 4) is 5.75 Å². The van der Waals surface area contributed by atoms with Crippen molar-refractivity contribution < 1.29 is 18.3 Å². The Balaban J connectivity index is 1.99. The first kappa shape index (κ1) is 18.3. The van der Waals surface area contributed by atoms with E-state index < -0.39 is 11.6 Å². The third kappa shape index (κ3) is 4.71. The average molecular weight is 351 g/mol. The van der Waals surface area contributed by atoms with E-state index in [4.69, 9.17) is 4.74 Å². The molecule has 0 bridgehead atoms. The van der Waals surface area contributed by atoms with E-state index in [-0.39, 0.29) is 22.6 Å².